The molecular weight excluding hydrogens is 274 g/mol. The molecule has 0 amide bonds. The van der Waals surface area contributed by atoms with Gasteiger partial charge in [0.1, 0.15) is 5.75 Å². The molecule has 0 atom stereocenters. The lowest BCUT2D eigenvalue weighted by Crippen LogP contribution is -1.99. The van der Waals surface area contributed by atoms with Crippen molar-refractivity contribution in [3.63, 3.8) is 0 Å². The molecule has 2 rings (SSSR count). The van der Waals surface area contributed by atoms with Crippen molar-refractivity contribution < 1.29 is 14.6 Å². The van der Waals surface area contributed by atoms with Gasteiger partial charge >= 0.3 is 5.97 Å². The molecule has 0 aliphatic rings. The van der Waals surface area contributed by atoms with Crippen LogP contribution in [0.5, 0.6) is 5.75 Å². The van der Waals surface area contributed by atoms with E-state index in [0.29, 0.717) is 11.5 Å². The number of carbonyl (C=O) groups is 1. The van der Waals surface area contributed by atoms with Crippen molar-refractivity contribution in [2.45, 2.75) is 26.7 Å². The van der Waals surface area contributed by atoms with Crippen molar-refractivity contribution >= 4 is 17.3 Å². The predicted molar refractivity (Wildman–Crippen MR) is 79.7 cm³/mol. The normalized spacial score (nSPS) is 10.5. The fraction of sp³-hybridized carbons (Fsp3) is 0.333. The summed E-state index contributed by atoms with van der Waals surface area (Å²) in [6.07, 6.45) is 1.70. The highest BCUT2D eigenvalue weighted by Crippen LogP contribution is 2.31. The highest BCUT2D eigenvalue weighted by Gasteiger charge is 2.18. The molecule has 1 N–H and O–H groups in total. The minimum Gasteiger partial charge on any atom is -0.494 e. The van der Waals surface area contributed by atoms with Gasteiger partial charge in [-0.05, 0) is 42.7 Å². The first-order valence-electron chi connectivity index (χ1n) is 6.62. The summed E-state index contributed by atoms with van der Waals surface area (Å²) in [5.41, 5.74) is 0.998. The number of hydrogen-bond donors (Lipinski definition) is 1. The van der Waals surface area contributed by atoms with Gasteiger partial charge in [-0.1, -0.05) is 13.8 Å². The van der Waals surface area contributed by atoms with Crippen molar-refractivity contribution in [3.05, 3.63) is 35.0 Å². The number of nitrogens with zero attached hydrogens (tertiary/aromatic N) is 1. The maximum absolute atomic E-state index is 11.3. The van der Waals surface area contributed by atoms with Gasteiger partial charge in [-0.25, -0.2) is 9.78 Å². The Bertz CT molecular complexity index is 590. The van der Waals surface area contributed by atoms with Gasteiger partial charge in [0.2, 0.25) is 0 Å². The first kappa shape index (κ1) is 14.5. The number of benzene rings is 1. The standard InChI is InChI=1S/C15H17NO3S/c1-3-9-19-11-7-5-10(6-8-11)14-13(15(17)18)16-12(4-2)20-14/h5-8H,3-4,9H2,1-2H3,(H,17,18). The molecule has 0 radical (unpaired) electrons. The lowest BCUT2D eigenvalue weighted by Gasteiger charge is -2.05. The molecule has 106 valence electrons. The van der Waals surface area contributed by atoms with Gasteiger partial charge in [0.15, 0.2) is 5.69 Å². The van der Waals surface area contributed by atoms with E-state index in [1.807, 2.05) is 31.2 Å². The van der Waals surface area contributed by atoms with Crippen LogP contribution in [0.2, 0.25) is 0 Å². The smallest absolute Gasteiger partial charge is 0.356 e. The van der Waals surface area contributed by atoms with Crippen LogP contribution in [-0.2, 0) is 6.42 Å². The Kier molecular flexibility index (Phi) is 4.74. The second-order valence-corrected chi connectivity index (χ2v) is 5.40. The Labute approximate surface area is 122 Å². The molecule has 4 nitrogen and oxygen atoms in total. The predicted octanol–water partition coefficient (Wildman–Crippen LogP) is 3.86. The third-order valence-corrected chi connectivity index (χ3v) is 4.01. The van der Waals surface area contributed by atoms with Crippen LogP contribution in [0.3, 0.4) is 0 Å². The zero-order valence-corrected chi connectivity index (χ0v) is 12.4. The average Bonchev–Trinajstić information content (AvgIpc) is 2.90. The zero-order chi connectivity index (χ0) is 14.5. The van der Waals surface area contributed by atoms with E-state index in [1.165, 1.54) is 11.3 Å². The largest absolute Gasteiger partial charge is 0.494 e. The number of thiazole rings is 1. The van der Waals surface area contributed by atoms with Crippen molar-refractivity contribution in [1.82, 2.24) is 4.98 Å². The number of aromatic carboxylic acids is 1. The fourth-order valence-electron chi connectivity index (χ4n) is 1.78. The molecular formula is C15H17NO3S. The Morgan fingerprint density at radius 1 is 1.30 bits per heavy atom. The van der Waals surface area contributed by atoms with E-state index >= 15 is 0 Å². The van der Waals surface area contributed by atoms with Crippen LogP contribution in [-0.4, -0.2) is 22.7 Å². The molecule has 1 aromatic heterocycles. The lowest BCUT2D eigenvalue weighted by molar-refractivity contribution is 0.0692. The molecule has 0 saturated carbocycles. The van der Waals surface area contributed by atoms with Gasteiger partial charge in [-0.3, -0.25) is 0 Å². The quantitative estimate of drug-likeness (QED) is 0.878. The third-order valence-electron chi connectivity index (χ3n) is 2.77. The molecule has 0 bridgehead atoms. The van der Waals surface area contributed by atoms with Crippen LogP contribution in [0.15, 0.2) is 24.3 Å². The maximum Gasteiger partial charge on any atom is 0.356 e. The highest BCUT2D eigenvalue weighted by atomic mass is 32.1. The highest BCUT2D eigenvalue weighted by molar-refractivity contribution is 7.15. The lowest BCUT2D eigenvalue weighted by atomic mass is 10.1. The van der Waals surface area contributed by atoms with E-state index in [4.69, 9.17) is 4.74 Å². The molecule has 0 aliphatic carbocycles. The minimum atomic E-state index is -0.984. The molecule has 1 heterocycles. The van der Waals surface area contributed by atoms with Gasteiger partial charge in [-0.2, -0.15) is 0 Å². The van der Waals surface area contributed by atoms with E-state index in [0.717, 1.165) is 29.2 Å². The fourth-order valence-corrected chi connectivity index (χ4v) is 2.78. The summed E-state index contributed by atoms with van der Waals surface area (Å²) in [6, 6.07) is 7.48. The Morgan fingerprint density at radius 3 is 2.55 bits per heavy atom. The minimum absolute atomic E-state index is 0.133. The topological polar surface area (TPSA) is 59.4 Å². The summed E-state index contributed by atoms with van der Waals surface area (Å²) >= 11 is 1.43. The number of ether oxygens (including phenoxy) is 1. The van der Waals surface area contributed by atoms with Crippen molar-refractivity contribution in [2.24, 2.45) is 0 Å². The number of hydrogen-bond acceptors (Lipinski definition) is 4. The van der Waals surface area contributed by atoms with Crippen LogP contribution < -0.4 is 4.74 Å². The Morgan fingerprint density at radius 2 is 2.00 bits per heavy atom. The molecule has 20 heavy (non-hydrogen) atoms. The summed E-state index contributed by atoms with van der Waals surface area (Å²) in [6.45, 7) is 4.70. The van der Waals surface area contributed by atoms with Gasteiger partial charge < -0.3 is 9.84 Å². The average molecular weight is 291 g/mol. The number of aryl methyl sites for hydroxylation is 1. The molecule has 0 unspecified atom stereocenters. The number of rotatable bonds is 6. The molecule has 0 aliphatic heterocycles. The van der Waals surface area contributed by atoms with Crippen molar-refractivity contribution in [1.29, 1.82) is 0 Å². The van der Waals surface area contributed by atoms with Gasteiger partial charge in [0.25, 0.3) is 0 Å². The van der Waals surface area contributed by atoms with E-state index < -0.39 is 5.97 Å². The number of carboxylic acids is 1. The van der Waals surface area contributed by atoms with Crippen molar-refractivity contribution in [2.75, 3.05) is 6.61 Å². The molecule has 0 fully saturated rings. The maximum atomic E-state index is 11.3. The third kappa shape index (κ3) is 3.17. The Hall–Kier alpha value is -1.88. The van der Waals surface area contributed by atoms with E-state index in [-0.39, 0.29) is 5.69 Å². The molecule has 1 aromatic carbocycles. The van der Waals surface area contributed by atoms with Crippen molar-refractivity contribution in [3.8, 4) is 16.2 Å². The second-order valence-electron chi connectivity index (χ2n) is 4.32. The van der Waals surface area contributed by atoms with E-state index in [1.54, 1.807) is 0 Å². The summed E-state index contributed by atoms with van der Waals surface area (Å²) in [7, 11) is 0. The van der Waals surface area contributed by atoms with Crippen LogP contribution >= 0.6 is 11.3 Å². The SMILES string of the molecule is CCCOc1ccc(-c2sc(CC)nc2C(=O)O)cc1. The first-order chi connectivity index (χ1) is 9.65. The Balaban J connectivity index is 2.31. The van der Waals surface area contributed by atoms with Gasteiger partial charge in [-0.15, -0.1) is 11.3 Å². The summed E-state index contributed by atoms with van der Waals surface area (Å²) < 4.78 is 5.52. The van der Waals surface area contributed by atoms with Crippen LogP contribution in [0.4, 0.5) is 0 Å². The van der Waals surface area contributed by atoms with Gasteiger partial charge in [0.05, 0.1) is 16.5 Å². The molecule has 2 aromatic rings. The summed E-state index contributed by atoms with van der Waals surface area (Å²) in [4.78, 5) is 16.1. The monoisotopic (exact) mass is 291 g/mol. The van der Waals surface area contributed by atoms with Crippen LogP contribution in [0.25, 0.3) is 10.4 Å². The van der Waals surface area contributed by atoms with Crippen LogP contribution in [0.1, 0.15) is 35.8 Å². The summed E-state index contributed by atoms with van der Waals surface area (Å²) in [5, 5.41) is 10.1. The van der Waals surface area contributed by atoms with E-state index in [9.17, 15) is 9.90 Å². The number of carboxylic acid groups (broad SMARTS) is 1. The summed E-state index contributed by atoms with van der Waals surface area (Å²) in [5.74, 6) is -0.185. The van der Waals surface area contributed by atoms with E-state index in [2.05, 4.69) is 11.9 Å². The molecule has 0 spiro atoms. The van der Waals surface area contributed by atoms with Crippen LogP contribution in [0, 0.1) is 0 Å². The zero-order valence-electron chi connectivity index (χ0n) is 11.5. The van der Waals surface area contributed by atoms with Gasteiger partial charge in [0, 0.05) is 0 Å². The first-order valence-corrected chi connectivity index (χ1v) is 7.43. The second kappa shape index (κ2) is 6.52. The molecule has 5 heteroatoms. The number of aromatic nitrogens is 1. The molecule has 0 saturated heterocycles.